The molecule has 1 aromatic heterocycles. The zero-order valence-electron chi connectivity index (χ0n) is 11.1. The molecule has 2 amide bonds. The number of thiophene rings is 1. The molecular formula is C13H18N2O3S. The topological polar surface area (TPSA) is 67.4 Å². The predicted octanol–water partition coefficient (Wildman–Crippen LogP) is 2.76. The molecule has 0 unspecified atom stereocenters. The van der Waals surface area contributed by atoms with Crippen molar-refractivity contribution in [1.82, 2.24) is 5.32 Å². The van der Waals surface area contributed by atoms with E-state index in [0.29, 0.717) is 29.6 Å². The van der Waals surface area contributed by atoms with Gasteiger partial charge in [0.15, 0.2) is 0 Å². The highest BCUT2D eigenvalue weighted by atomic mass is 32.1. The third-order valence-electron chi connectivity index (χ3n) is 2.93. The van der Waals surface area contributed by atoms with Gasteiger partial charge in [0.2, 0.25) is 0 Å². The van der Waals surface area contributed by atoms with Gasteiger partial charge in [-0.05, 0) is 43.6 Å². The summed E-state index contributed by atoms with van der Waals surface area (Å²) in [5, 5.41) is 7.91. The second-order valence-corrected chi connectivity index (χ2v) is 5.50. The number of esters is 1. The summed E-state index contributed by atoms with van der Waals surface area (Å²) >= 11 is 1.34. The molecular weight excluding hydrogens is 264 g/mol. The fourth-order valence-electron chi connectivity index (χ4n) is 1.70. The predicted molar refractivity (Wildman–Crippen MR) is 74.8 cm³/mol. The molecule has 0 aromatic carbocycles. The Hall–Kier alpha value is -1.56. The van der Waals surface area contributed by atoms with Gasteiger partial charge in [0.05, 0.1) is 12.2 Å². The number of hydrogen-bond donors (Lipinski definition) is 2. The van der Waals surface area contributed by atoms with E-state index in [0.717, 1.165) is 5.56 Å². The molecule has 1 saturated carbocycles. The van der Waals surface area contributed by atoms with Crippen molar-refractivity contribution in [3.8, 4) is 0 Å². The van der Waals surface area contributed by atoms with Crippen LogP contribution in [-0.4, -0.2) is 25.2 Å². The number of rotatable bonds is 5. The number of carbonyl (C=O) groups is 2. The van der Waals surface area contributed by atoms with Crippen LogP contribution in [0, 0.1) is 12.8 Å². The summed E-state index contributed by atoms with van der Waals surface area (Å²) in [4.78, 5) is 23.5. The van der Waals surface area contributed by atoms with Crippen molar-refractivity contribution in [2.24, 2.45) is 5.92 Å². The first-order valence-electron chi connectivity index (χ1n) is 6.41. The molecule has 1 heterocycles. The van der Waals surface area contributed by atoms with Crippen LogP contribution in [-0.2, 0) is 4.74 Å². The van der Waals surface area contributed by atoms with Crippen molar-refractivity contribution >= 4 is 28.3 Å². The Balaban J connectivity index is 1.98. The highest BCUT2D eigenvalue weighted by Crippen LogP contribution is 2.29. The fraction of sp³-hybridized carbons (Fsp3) is 0.538. The lowest BCUT2D eigenvalue weighted by molar-refractivity contribution is 0.0527. The monoisotopic (exact) mass is 282 g/mol. The minimum atomic E-state index is -0.390. The average molecular weight is 282 g/mol. The minimum Gasteiger partial charge on any atom is -0.462 e. The maximum absolute atomic E-state index is 11.8. The summed E-state index contributed by atoms with van der Waals surface area (Å²) in [6.45, 7) is 4.61. The van der Waals surface area contributed by atoms with Gasteiger partial charge in [-0.15, -0.1) is 11.3 Å². The zero-order chi connectivity index (χ0) is 13.8. The Morgan fingerprint density at radius 3 is 2.84 bits per heavy atom. The van der Waals surface area contributed by atoms with Crippen LogP contribution in [0.5, 0.6) is 0 Å². The molecule has 0 bridgehead atoms. The molecule has 1 aliphatic carbocycles. The summed E-state index contributed by atoms with van der Waals surface area (Å²) in [7, 11) is 0. The van der Waals surface area contributed by atoms with Crippen LogP contribution in [0.2, 0.25) is 0 Å². The van der Waals surface area contributed by atoms with Crippen LogP contribution in [0.3, 0.4) is 0 Å². The van der Waals surface area contributed by atoms with Gasteiger partial charge < -0.3 is 10.1 Å². The van der Waals surface area contributed by atoms with Crippen LogP contribution >= 0.6 is 11.3 Å². The van der Waals surface area contributed by atoms with E-state index in [1.54, 1.807) is 6.92 Å². The number of amides is 2. The van der Waals surface area contributed by atoms with Gasteiger partial charge >= 0.3 is 12.0 Å². The molecule has 0 radical (unpaired) electrons. The summed E-state index contributed by atoms with van der Waals surface area (Å²) < 4.78 is 4.99. The minimum absolute atomic E-state index is 0.265. The van der Waals surface area contributed by atoms with E-state index in [1.807, 2.05) is 12.3 Å². The SMILES string of the molecule is CCOC(=O)c1c(C)csc1NC(=O)NCC1CC1. The van der Waals surface area contributed by atoms with Gasteiger partial charge in [-0.3, -0.25) is 5.32 Å². The van der Waals surface area contributed by atoms with Crippen molar-refractivity contribution in [3.05, 3.63) is 16.5 Å². The molecule has 2 N–H and O–H groups in total. The first-order chi connectivity index (χ1) is 9.11. The highest BCUT2D eigenvalue weighted by Gasteiger charge is 2.23. The second-order valence-electron chi connectivity index (χ2n) is 4.62. The van der Waals surface area contributed by atoms with E-state index in [2.05, 4.69) is 10.6 Å². The molecule has 104 valence electrons. The molecule has 0 atom stereocenters. The number of aryl methyl sites for hydroxylation is 1. The van der Waals surface area contributed by atoms with Crippen molar-refractivity contribution in [2.45, 2.75) is 26.7 Å². The molecule has 1 aromatic rings. The van der Waals surface area contributed by atoms with E-state index in [-0.39, 0.29) is 6.03 Å². The normalized spacial score (nSPS) is 14.0. The van der Waals surface area contributed by atoms with Crippen LogP contribution in [0.1, 0.15) is 35.7 Å². The summed E-state index contributed by atoms with van der Waals surface area (Å²) in [6, 6.07) is -0.265. The molecule has 0 saturated heterocycles. The van der Waals surface area contributed by atoms with Crippen molar-refractivity contribution in [3.63, 3.8) is 0 Å². The summed E-state index contributed by atoms with van der Waals surface area (Å²) in [5.74, 6) is 0.235. The number of ether oxygens (including phenoxy) is 1. The number of urea groups is 1. The van der Waals surface area contributed by atoms with Gasteiger partial charge in [0, 0.05) is 6.54 Å². The maximum Gasteiger partial charge on any atom is 0.341 e. The van der Waals surface area contributed by atoms with Crippen molar-refractivity contribution < 1.29 is 14.3 Å². The molecule has 1 fully saturated rings. The standard InChI is InChI=1S/C13H18N2O3S/c1-3-18-12(16)10-8(2)7-19-11(10)15-13(17)14-6-9-4-5-9/h7,9H,3-6H2,1-2H3,(H2,14,15,17). The number of nitrogens with one attached hydrogen (secondary N) is 2. The van der Waals surface area contributed by atoms with Gasteiger partial charge in [-0.1, -0.05) is 0 Å². The zero-order valence-corrected chi connectivity index (χ0v) is 11.9. The summed E-state index contributed by atoms with van der Waals surface area (Å²) in [5.41, 5.74) is 1.27. The Morgan fingerprint density at radius 1 is 1.47 bits per heavy atom. The molecule has 1 aliphatic rings. The van der Waals surface area contributed by atoms with Gasteiger partial charge in [0.1, 0.15) is 5.00 Å². The van der Waals surface area contributed by atoms with E-state index >= 15 is 0 Å². The quantitative estimate of drug-likeness (QED) is 0.816. The molecule has 2 rings (SSSR count). The Labute approximate surface area is 116 Å². The Morgan fingerprint density at radius 2 is 2.21 bits per heavy atom. The van der Waals surface area contributed by atoms with Crippen LogP contribution < -0.4 is 10.6 Å². The third kappa shape index (κ3) is 3.70. The third-order valence-corrected chi connectivity index (χ3v) is 3.94. The van der Waals surface area contributed by atoms with Crippen LogP contribution in [0.4, 0.5) is 9.80 Å². The second kappa shape index (κ2) is 6.06. The Kier molecular flexibility index (Phi) is 4.42. The van der Waals surface area contributed by atoms with Crippen LogP contribution in [0.25, 0.3) is 0 Å². The van der Waals surface area contributed by atoms with Gasteiger partial charge in [-0.2, -0.15) is 0 Å². The largest absolute Gasteiger partial charge is 0.462 e. The van der Waals surface area contributed by atoms with E-state index in [9.17, 15) is 9.59 Å². The van der Waals surface area contributed by atoms with Crippen molar-refractivity contribution in [1.29, 1.82) is 0 Å². The molecule has 5 nitrogen and oxygen atoms in total. The van der Waals surface area contributed by atoms with Crippen LogP contribution in [0.15, 0.2) is 5.38 Å². The first kappa shape index (κ1) is 13.9. The summed E-state index contributed by atoms with van der Waals surface area (Å²) in [6.07, 6.45) is 2.37. The first-order valence-corrected chi connectivity index (χ1v) is 7.29. The Bertz CT molecular complexity index is 480. The smallest absolute Gasteiger partial charge is 0.341 e. The molecule has 0 spiro atoms. The van der Waals surface area contributed by atoms with E-state index < -0.39 is 5.97 Å². The maximum atomic E-state index is 11.8. The number of anilines is 1. The number of hydrogen-bond acceptors (Lipinski definition) is 4. The van der Waals surface area contributed by atoms with Crippen molar-refractivity contribution in [2.75, 3.05) is 18.5 Å². The van der Waals surface area contributed by atoms with Gasteiger partial charge in [-0.25, -0.2) is 9.59 Å². The van der Waals surface area contributed by atoms with Gasteiger partial charge in [0.25, 0.3) is 0 Å². The van der Waals surface area contributed by atoms with E-state index in [4.69, 9.17) is 4.74 Å². The molecule has 0 aliphatic heterocycles. The molecule has 6 heteroatoms. The number of carbonyl (C=O) groups excluding carboxylic acids is 2. The lowest BCUT2D eigenvalue weighted by Crippen LogP contribution is -2.30. The lowest BCUT2D eigenvalue weighted by atomic mass is 10.2. The lowest BCUT2D eigenvalue weighted by Gasteiger charge is -2.08. The van der Waals surface area contributed by atoms with E-state index in [1.165, 1.54) is 24.2 Å². The molecule has 19 heavy (non-hydrogen) atoms. The average Bonchev–Trinajstić information content (AvgIpc) is 3.12. The highest BCUT2D eigenvalue weighted by molar-refractivity contribution is 7.15. The fourth-order valence-corrected chi connectivity index (χ4v) is 2.63.